The van der Waals surface area contributed by atoms with Crippen molar-refractivity contribution >= 4 is 29.2 Å². The van der Waals surface area contributed by atoms with Gasteiger partial charge in [-0.2, -0.15) is 0 Å². The van der Waals surface area contributed by atoms with Gasteiger partial charge in [0.05, 0.1) is 29.1 Å². The first kappa shape index (κ1) is 23.0. The van der Waals surface area contributed by atoms with E-state index in [9.17, 15) is 19.7 Å². The first-order chi connectivity index (χ1) is 15.2. The molecule has 0 bridgehead atoms. The van der Waals surface area contributed by atoms with E-state index < -0.39 is 22.8 Å². The van der Waals surface area contributed by atoms with Gasteiger partial charge in [-0.05, 0) is 31.5 Å². The van der Waals surface area contributed by atoms with E-state index in [1.54, 1.807) is 44.2 Å². The molecule has 1 aliphatic rings. The van der Waals surface area contributed by atoms with Crippen LogP contribution in [0.5, 0.6) is 0 Å². The van der Waals surface area contributed by atoms with Gasteiger partial charge in [0, 0.05) is 28.0 Å². The Labute approximate surface area is 189 Å². The third-order valence-corrected chi connectivity index (χ3v) is 5.37. The van der Waals surface area contributed by atoms with Gasteiger partial charge in [0.1, 0.15) is 6.61 Å². The van der Waals surface area contributed by atoms with Crippen molar-refractivity contribution in [3.8, 4) is 0 Å². The van der Waals surface area contributed by atoms with Crippen LogP contribution in [0, 0.1) is 10.1 Å². The van der Waals surface area contributed by atoms with Crippen LogP contribution in [0.2, 0.25) is 5.02 Å². The maximum atomic E-state index is 13.2. The number of halogens is 1. The van der Waals surface area contributed by atoms with E-state index in [4.69, 9.17) is 21.1 Å². The Kier molecular flexibility index (Phi) is 6.95. The van der Waals surface area contributed by atoms with Crippen molar-refractivity contribution in [2.45, 2.75) is 26.4 Å². The number of benzene rings is 2. The highest BCUT2D eigenvalue weighted by molar-refractivity contribution is 6.30. The van der Waals surface area contributed by atoms with E-state index in [2.05, 4.69) is 5.32 Å². The lowest BCUT2D eigenvalue weighted by atomic mass is 9.79. The standard InChI is InChI=1S/C23H21ClN2O6/c1-13-19(22(27)31-3)21(17-6-4-5-7-18(17)26(29)30)20(14(2)25-13)23(28)32-12-15-8-10-16(24)11-9-15/h4-11,21,25H,12H2,1-3H3. The minimum absolute atomic E-state index is 0.0351. The number of carbonyl (C=O) groups is 2. The highest BCUT2D eigenvalue weighted by Gasteiger charge is 2.40. The molecule has 9 heteroatoms. The fraction of sp³-hybridized carbons (Fsp3) is 0.217. The summed E-state index contributed by atoms with van der Waals surface area (Å²) in [5.41, 5.74) is 1.75. The fourth-order valence-corrected chi connectivity index (χ4v) is 3.79. The zero-order chi connectivity index (χ0) is 23.4. The Morgan fingerprint density at radius 2 is 1.62 bits per heavy atom. The molecule has 8 nitrogen and oxygen atoms in total. The third-order valence-electron chi connectivity index (χ3n) is 5.11. The molecule has 0 amide bonds. The number of nitrogens with zero attached hydrogens (tertiary/aromatic N) is 1. The molecule has 0 fully saturated rings. The highest BCUT2D eigenvalue weighted by atomic mass is 35.5. The summed E-state index contributed by atoms with van der Waals surface area (Å²) >= 11 is 5.89. The number of nitrogens with one attached hydrogen (secondary N) is 1. The van der Waals surface area contributed by atoms with Crippen molar-refractivity contribution < 1.29 is 24.0 Å². The molecule has 0 saturated carbocycles. The number of hydrogen-bond donors (Lipinski definition) is 1. The number of ether oxygens (including phenoxy) is 2. The van der Waals surface area contributed by atoms with Crippen LogP contribution < -0.4 is 5.32 Å². The van der Waals surface area contributed by atoms with Crippen molar-refractivity contribution in [1.82, 2.24) is 5.32 Å². The van der Waals surface area contributed by atoms with Gasteiger partial charge in [-0.1, -0.05) is 41.9 Å². The second kappa shape index (κ2) is 9.65. The number of allylic oxidation sites excluding steroid dienone is 2. The Hall–Kier alpha value is -3.65. The summed E-state index contributed by atoms with van der Waals surface area (Å²) in [4.78, 5) is 37.0. The molecule has 1 aliphatic heterocycles. The number of rotatable bonds is 6. The number of esters is 2. The van der Waals surface area contributed by atoms with Crippen LogP contribution in [0.25, 0.3) is 0 Å². The first-order valence-corrected chi connectivity index (χ1v) is 10.0. The molecular formula is C23H21ClN2O6. The smallest absolute Gasteiger partial charge is 0.337 e. The van der Waals surface area contributed by atoms with Crippen LogP contribution in [0.1, 0.15) is 30.9 Å². The topological polar surface area (TPSA) is 108 Å². The first-order valence-electron chi connectivity index (χ1n) is 9.66. The predicted molar refractivity (Wildman–Crippen MR) is 118 cm³/mol. The van der Waals surface area contributed by atoms with E-state index in [1.165, 1.54) is 25.3 Å². The Bertz CT molecular complexity index is 1140. The molecule has 0 aliphatic carbocycles. The van der Waals surface area contributed by atoms with Gasteiger partial charge in [0.15, 0.2) is 0 Å². The van der Waals surface area contributed by atoms with Gasteiger partial charge in [0.2, 0.25) is 0 Å². The zero-order valence-electron chi connectivity index (χ0n) is 17.7. The molecule has 166 valence electrons. The highest BCUT2D eigenvalue weighted by Crippen LogP contribution is 2.42. The van der Waals surface area contributed by atoms with Gasteiger partial charge in [-0.25, -0.2) is 9.59 Å². The molecular weight excluding hydrogens is 436 g/mol. The lowest BCUT2D eigenvalue weighted by Crippen LogP contribution is -2.32. The quantitative estimate of drug-likeness (QED) is 0.390. The number of methoxy groups -OCH3 is 1. The molecule has 32 heavy (non-hydrogen) atoms. The summed E-state index contributed by atoms with van der Waals surface area (Å²) in [6.45, 7) is 3.26. The van der Waals surface area contributed by atoms with Crippen molar-refractivity contribution in [3.05, 3.63) is 97.3 Å². The molecule has 3 rings (SSSR count). The van der Waals surface area contributed by atoms with E-state index in [-0.39, 0.29) is 29.0 Å². The molecule has 2 aromatic rings. The summed E-state index contributed by atoms with van der Waals surface area (Å²) < 4.78 is 10.4. The Morgan fingerprint density at radius 1 is 1.03 bits per heavy atom. The normalized spacial score (nSPS) is 15.8. The molecule has 0 radical (unpaired) electrons. The number of hydrogen-bond acceptors (Lipinski definition) is 7. The zero-order valence-corrected chi connectivity index (χ0v) is 18.4. The predicted octanol–water partition coefficient (Wildman–Crippen LogP) is 4.40. The molecule has 2 aromatic carbocycles. The number of dihydropyridines is 1. The molecule has 1 N–H and O–H groups in total. The van der Waals surface area contributed by atoms with E-state index in [1.807, 2.05) is 0 Å². The average Bonchev–Trinajstić information content (AvgIpc) is 2.77. The second-order valence-corrected chi connectivity index (χ2v) is 7.58. The number of nitro groups is 1. The minimum atomic E-state index is -1.04. The number of nitro benzene ring substituents is 1. The Morgan fingerprint density at radius 3 is 2.22 bits per heavy atom. The second-order valence-electron chi connectivity index (χ2n) is 7.15. The fourth-order valence-electron chi connectivity index (χ4n) is 3.66. The number of carbonyl (C=O) groups excluding carboxylic acids is 2. The summed E-state index contributed by atoms with van der Waals surface area (Å²) in [5.74, 6) is -2.45. The summed E-state index contributed by atoms with van der Waals surface area (Å²) in [6.07, 6.45) is 0. The van der Waals surface area contributed by atoms with Crippen LogP contribution in [0.15, 0.2) is 71.1 Å². The molecule has 0 spiro atoms. The van der Waals surface area contributed by atoms with Crippen molar-refractivity contribution in [1.29, 1.82) is 0 Å². The van der Waals surface area contributed by atoms with Gasteiger partial charge in [0.25, 0.3) is 5.69 Å². The monoisotopic (exact) mass is 456 g/mol. The van der Waals surface area contributed by atoms with Crippen LogP contribution in [-0.2, 0) is 25.7 Å². The van der Waals surface area contributed by atoms with E-state index in [0.29, 0.717) is 22.0 Å². The molecule has 1 atom stereocenters. The van der Waals surface area contributed by atoms with Crippen molar-refractivity contribution in [2.75, 3.05) is 7.11 Å². The van der Waals surface area contributed by atoms with Crippen LogP contribution in [0.3, 0.4) is 0 Å². The minimum Gasteiger partial charge on any atom is -0.466 e. The summed E-state index contributed by atoms with van der Waals surface area (Å²) in [5, 5.41) is 15.3. The Balaban J connectivity index is 2.06. The SMILES string of the molecule is COC(=O)C1=C(C)NC(C)=C(C(=O)OCc2ccc(Cl)cc2)C1c1ccccc1[N+](=O)[O-]. The van der Waals surface area contributed by atoms with Crippen molar-refractivity contribution in [2.24, 2.45) is 0 Å². The van der Waals surface area contributed by atoms with Crippen LogP contribution >= 0.6 is 11.6 Å². The molecule has 0 aromatic heterocycles. The lowest BCUT2D eigenvalue weighted by Gasteiger charge is -2.30. The maximum Gasteiger partial charge on any atom is 0.337 e. The largest absolute Gasteiger partial charge is 0.466 e. The molecule has 1 unspecified atom stereocenters. The average molecular weight is 457 g/mol. The van der Waals surface area contributed by atoms with Crippen LogP contribution in [0.4, 0.5) is 5.69 Å². The summed E-state index contributed by atoms with van der Waals surface area (Å²) in [6, 6.07) is 12.8. The van der Waals surface area contributed by atoms with Gasteiger partial charge in [-0.15, -0.1) is 0 Å². The van der Waals surface area contributed by atoms with Gasteiger partial charge in [-0.3, -0.25) is 10.1 Å². The maximum absolute atomic E-state index is 13.2. The van der Waals surface area contributed by atoms with Crippen molar-refractivity contribution in [3.63, 3.8) is 0 Å². The van der Waals surface area contributed by atoms with Gasteiger partial charge >= 0.3 is 11.9 Å². The van der Waals surface area contributed by atoms with Crippen LogP contribution in [-0.4, -0.2) is 24.0 Å². The summed E-state index contributed by atoms with van der Waals surface area (Å²) in [7, 11) is 1.21. The van der Waals surface area contributed by atoms with E-state index >= 15 is 0 Å². The number of para-hydroxylation sites is 1. The third kappa shape index (κ3) is 4.65. The lowest BCUT2D eigenvalue weighted by molar-refractivity contribution is -0.385. The molecule has 0 saturated heterocycles. The van der Waals surface area contributed by atoms with Gasteiger partial charge < -0.3 is 14.8 Å². The van der Waals surface area contributed by atoms with E-state index in [0.717, 1.165) is 0 Å². The molecule has 1 heterocycles.